The number of nitrogens with zero attached hydrogens (tertiary/aromatic N) is 3. The third kappa shape index (κ3) is 4.35. The first-order chi connectivity index (χ1) is 12.9. The molecular formula is C20H28N4O3. The maximum absolute atomic E-state index is 13.0. The Morgan fingerprint density at radius 1 is 1.22 bits per heavy atom. The van der Waals surface area contributed by atoms with Crippen molar-refractivity contribution in [3.8, 4) is 0 Å². The topological polar surface area (TPSA) is 82.6 Å². The summed E-state index contributed by atoms with van der Waals surface area (Å²) >= 11 is 0. The Morgan fingerprint density at radius 3 is 2.59 bits per heavy atom. The highest BCUT2D eigenvalue weighted by atomic mass is 16.2. The molecule has 1 aromatic heterocycles. The average Bonchev–Trinajstić information content (AvgIpc) is 3.02. The number of carbonyl (C=O) groups is 3. The van der Waals surface area contributed by atoms with E-state index in [2.05, 4.69) is 10.3 Å². The minimum atomic E-state index is -0.365. The first kappa shape index (κ1) is 19.5. The van der Waals surface area contributed by atoms with E-state index in [1.54, 1.807) is 26.2 Å². The molecule has 2 fully saturated rings. The molecule has 7 heteroatoms. The van der Waals surface area contributed by atoms with Crippen molar-refractivity contribution in [1.82, 2.24) is 20.1 Å². The molecule has 1 N–H and O–H groups in total. The summed E-state index contributed by atoms with van der Waals surface area (Å²) < 4.78 is 0. The maximum Gasteiger partial charge on any atom is 0.253 e. The van der Waals surface area contributed by atoms with Gasteiger partial charge in [0.15, 0.2) is 5.78 Å². The Bertz CT molecular complexity index is 741. The Balaban J connectivity index is 1.76. The third-order valence-electron chi connectivity index (χ3n) is 5.34. The normalized spacial score (nSPS) is 20.8. The van der Waals surface area contributed by atoms with E-state index in [9.17, 15) is 14.4 Å². The van der Waals surface area contributed by atoms with Crippen LogP contribution in [0, 0.1) is 6.92 Å². The molecular weight excluding hydrogens is 344 g/mol. The number of amides is 2. The second kappa shape index (κ2) is 8.17. The minimum Gasteiger partial charge on any atom is -0.345 e. The van der Waals surface area contributed by atoms with Gasteiger partial charge in [-0.05, 0) is 51.4 Å². The van der Waals surface area contributed by atoms with Crippen molar-refractivity contribution in [1.29, 1.82) is 0 Å². The Hall–Kier alpha value is -2.28. The number of aryl methyl sites for hydroxylation is 1. The van der Waals surface area contributed by atoms with Crippen LogP contribution >= 0.6 is 0 Å². The van der Waals surface area contributed by atoms with Gasteiger partial charge < -0.3 is 15.1 Å². The van der Waals surface area contributed by atoms with Crippen LogP contribution in [0.4, 0.5) is 0 Å². The van der Waals surface area contributed by atoms with Crippen LogP contribution in [0.15, 0.2) is 12.1 Å². The van der Waals surface area contributed by atoms with Gasteiger partial charge >= 0.3 is 0 Å². The van der Waals surface area contributed by atoms with Crippen LogP contribution in [0.25, 0.3) is 0 Å². The van der Waals surface area contributed by atoms with Crippen LogP contribution in [0.5, 0.6) is 0 Å². The van der Waals surface area contributed by atoms with Crippen LogP contribution in [-0.2, 0) is 16.0 Å². The standard InChI is InChI=1S/C20H28N4O3/c1-13-10-14(20(27)23(2)3)11-15(22-13)12-18(25)17-4-5-19(26)24(17)16-6-8-21-9-7-16/h10-11,16-17,21H,4-9,12H2,1-3H3/t17-/m1/s1. The summed E-state index contributed by atoms with van der Waals surface area (Å²) in [6, 6.07) is 3.21. The van der Waals surface area contributed by atoms with E-state index < -0.39 is 0 Å². The van der Waals surface area contributed by atoms with Crippen molar-refractivity contribution >= 4 is 17.6 Å². The first-order valence-corrected chi connectivity index (χ1v) is 9.60. The molecule has 0 saturated carbocycles. The van der Waals surface area contributed by atoms with Crippen molar-refractivity contribution in [2.75, 3.05) is 27.2 Å². The van der Waals surface area contributed by atoms with Crippen molar-refractivity contribution in [2.24, 2.45) is 0 Å². The quantitative estimate of drug-likeness (QED) is 0.832. The van der Waals surface area contributed by atoms with E-state index in [0.717, 1.165) is 25.9 Å². The molecule has 1 atom stereocenters. The highest BCUT2D eigenvalue weighted by Gasteiger charge is 2.40. The first-order valence-electron chi connectivity index (χ1n) is 9.60. The van der Waals surface area contributed by atoms with Crippen LogP contribution in [0.3, 0.4) is 0 Å². The van der Waals surface area contributed by atoms with Crippen molar-refractivity contribution in [3.05, 3.63) is 29.1 Å². The number of nitrogens with one attached hydrogen (secondary N) is 1. The summed E-state index contributed by atoms with van der Waals surface area (Å²) in [6.07, 6.45) is 2.94. The number of hydrogen-bond acceptors (Lipinski definition) is 5. The Kier molecular flexibility index (Phi) is 5.89. The fourth-order valence-electron chi connectivity index (χ4n) is 4.07. The largest absolute Gasteiger partial charge is 0.345 e. The van der Waals surface area contributed by atoms with Gasteiger partial charge in [-0.25, -0.2) is 0 Å². The van der Waals surface area contributed by atoms with Crippen molar-refractivity contribution < 1.29 is 14.4 Å². The second-order valence-corrected chi connectivity index (χ2v) is 7.67. The number of hydrogen-bond donors (Lipinski definition) is 1. The molecule has 27 heavy (non-hydrogen) atoms. The van der Waals surface area contributed by atoms with Crippen LogP contribution in [0.1, 0.15) is 47.4 Å². The van der Waals surface area contributed by atoms with Gasteiger partial charge in [0.05, 0.1) is 12.5 Å². The molecule has 7 nitrogen and oxygen atoms in total. The third-order valence-corrected chi connectivity index (χ3v) is 5.34. The van der Waals surface area contributed by atoms with Gasteiger partial charge in [-0.3, -0.25) is 19.4 Å². The molecule has 0 unspecified atom stereocenters. The van der Waals surface area contributed by atoms with Gasteiger partial charge in [0, 0.05) is 43.5 Å². The molecule has 2 saturated heterocycles. The summed E-state index contributed by atoms with van der Waals surface area (Å²) in [6.45, 7) is 3.58. The zero-order chi connectivity index (χ0) is 19.6. The summed E-state index contributed by atoms with van der Waals surface area (Å²) in [5.41, 5.74) is 1.84. The average molecular weight is 372 g/mol. The molecule has 0 spiro atoms. The molecule has 3 rings (SSSR count). The van der Waals surface area contributed by atoms with Crippen LogP contribution < -0.4 is 5.32 Å². The van der Waals surface area contributed by atoms with E-state index in [1.807, 2.05) is 11.8 Å². The van der Waals surface area contributed by atoms with Gasteiger partial charge in [-0.1, -0.05) is 0 Å². The molecule has 2 aliphatic heterocycles. The lowest BCUT2D eigenvalue weighted by molar-refractivity contribution is -0.137. The van der Waals surface area contributed by atoms with Gasteiger partial charge in [0.2, 0.25) is 5.91 Å². The summed E-state index contributed by atoms with van der Waals surface area (Å²) in [4.78, 5) is 45.4. The molecule has 0 aliphatic carbocycles. The number of rotatable bonds is 5. The molecule has 1 aromatic rings. The van der Waals surface area contributed by atoms with E-state index in [1.165, 1.54) is 4.90 Å². The zero-order valence-corrected chi connectivity index (χ0v) is 16.3. The zero-order valence-electron chi connectivity index (χ0n) is 16.3. The number of likely N-dealkylation sites (tertiary alicyclic amines) is 1. The van der Waals surface area contributed by atoms with Crippen LogP contribution in [0.2, 0.25) is 0 Å². The molecule has 146 valence electrons. The Morgan fingerprint density at radius 2 is 1.93 bits per heavy atom. The lowest BCUT2D eigenvalue weighted by Gasteiger charge is -2.35. The predicted molar refractivity (Wildman–Crippen MR) is 101 cm³/mol. The molecule has 0 aromatic carbocycles. The smallest absolute Gasteiger partial charge is 0.253 e. The SMILES string of the molecule is Cc1cc(C(=O)N(C)C)cc(CC(=O)[C@H]2CCC(=O)N2C2CCNCC2)n1. The van der Waals surface area contributed by atoms with E-state index in [-0.39, 0.29) is 36.1 Å². The summed E-state index contributed by atoms with van der Waals surface area (Å²) in [7, 11) is 3.40. The van der Waals surface area contributed by atoms with Gasteiger partial charge in [-0.2, -0.15) is 0 Å². The molecule has 2 aliphatic rings. The van der Waals surface area contributed by atoms with Crippen molar-refractivity contribution in [2.45, 2.75) is 51.1 Å². The van der Waals surface area contributed by atoms with E-state index in [0.29, 0.717) is 29.8 Å². The van der Waals surface area contributed by atoms with E-state index >= 15 is 0 Å². The summed E-state index contributed by atoms with van der Waals surface area (Å²) in [5.74, 6) is -0.0109. The lowest BCUT2D eigenvalue weighted by Crippen LogP contribution is -2.50. The van der Waals surface area contributed by atoms with Crippen molar-refractivity contribution in [3.63, 3.8) is 0 Å². The maximum atomic E-state index is 13.0. The monoisotopic (exact) mass is 372 g/mol. The highest BCUT2D eigenvalue weighted by molar-refractivity contribution is 5.95. The fourth-order valence-corrected chi connectivity index (χ4v) is 4.07. The number of ketones is 1. The number of carbonyl (C=O) groups excluding carboxylic acids is 3. The highest BCUT2D eigenvalue weighted by Crippen LogP contribution is 2.27. The Labute approximate surface area is 160 Å². The van der Waals surface area contributed by atoms with Gasteiger partial charge in [-0.15, -0.1) is 0 Å². The van der Waals surface area contributed by atoms with E-state index in [4.69, 9.17) is 0 Å². The lowest BCUT2D eigenvalue weighted by atomic mass is 9.99. The number of Topliss-reactive ketones (excluding diaryl/α,β-unsaturated/α-hetero) is 1. The molecule has 2 amide bonds. The number of aromatic nitrogens is 1. The molecule has 0 bridgehead atoms. The van der Waals surface area contributed by atoms with Gasteiger partial charge in [0.25, 0.3) is 5.91 Å². The number of pyridine rings is 1. The van der Waals surface area contributed by atoms with Crippen LogP contribution in [-0.4, -0.2) is 71.6 Å². The molecule has 3 heterocycles. The second-order valence-electron chi connectivity index (χ2n) is 7.67. The minimum absolute atomic E-state index is 0.0146. The number of piperidine rings is 1. The van der Waals surface area contributed by atoms with Gasteiger partial charge in [0.1, 0.15) is 0 Å². The predicted octanol–water partition coefficient (Wildman–Crippen LogP) is 0.946. The summed E-state index contributed by atoms with van der Waals surface area (Å²) in [5, 5.41) is 3.30. The molecule has 0 radical (unpaired) electrons. The fraction of sp³-hybridized carbons (Fsp3) is 0.600.